The van der Waals surface area contributed by atoms with Crippen LogP contribution < -0.4 is 5.43 Å². The molecule has 0 spiro atoms. The Kier molecular flexibility index (Phi) is 4.11. The molecule has 0 aromatic carbocycles. The summed E-state index contributed by atoms with van der Waals surface area (Å²) in [6.07, 6.45) is 3.89. The second-order valence-corrected chi connectivity index (χ2v) is 4.48. The van der Waals surface area contributed by atoms with Crippen molar-refractivity contribution < 1.29 is 4.42 Å². The van der Waals surface area contributed by atoms with Crippen LogP contribution in [0.2, 0.25) is 0 Å². The topological polar surface area (TPSA) is 30.2 Å². The lowest BCUT2D eigenvalue weighted by Gasteiger charge is -2.07. The Morgan fingerprint density at radius 1 is 1.19 bits per heavy atom. The summed E-state index contributed by atoms with van der Waals surface area (Å²) < 4.78 is 5.67. The van der Waals surface area contributed by atoms with Crippen molar-refractivity contribution in [2.45, 2.75) is 47.5 Å². The summed E-state index contributed by atoms with van der Waals surface area (Å²) in [7, 11) is 0. The monoisotopic (exact) mass is 220 g/mol. The van der Waals surface area contributed by atoms with Crippen LogP contribution in [0.1, 0.15) is 42.9 Å². The molecule has 0 N–H and O–H groups in total. The summed E-state index contributed by atoms with van der Waals surface area (Å²) >= 11 is 0. The quantitative estimate of drug-likeness (QED) is 0.730. The Labute approximate surface area is 97.0 Å². The van der Waals surface area contributed by atoms with Crippen molar-refractivity contribution in [1.82, 2.24) is 0 Å². The number of allylic oxidation sites excluding steroid dienone is 2. The Morgan fingerprint density at radius 3 is 2.38 bits per heavy atom. The van der Waals surface area contributed by atoms with E-state index in [2.05, 4.69) is 19.9 Å². The highest BCUT2D eigenvalue weighted by molar-refractivity contribution is 5.25. The molecule has 16 heavy (non-hydrogen) atoms. The van der Waals surface area contributed by atoms with Gasteiger partial charge in [0.25, 0.3) is 0 Å². The van der Waals surface area contributed by atoms with Gasteiger partial charge in [-0.05, 0) is 41.0 Å². The maximum absolute atomic E-state index is 11.8. The zero-order valence-corrected chi connectivity index (χ0v) is 10.8. The molecule has 0 bridgehead atoms. The van der Waals surface area contributed by atoms with E-state index in [1.807, 2.05) is 20.8 Å². The molecule has 1 heterocycles. The van der Waals surface area contributed by atoms with E-state index >= 15 is 0 Å². The van der Waals surface area contributed by atoms with Crippen LogP contribution in [-0.4, -0.2) is 0 Å². The van der Waals surface area contributed by atoms with Gasteiger partial charge in [0.15, 0.2) is 5.43 Å². The average molecular weight is 220 g/mol. The SMILES string of the molecule is CC(C)=CCCc1oc(C)c(C)c(=O)c1C. The predicted octanol–water partition coefficient (Wildman–Crippen LogP) is 3.46. The fourth-order valence-corrected chi connectivity index (χ4v) is 1.64. The summed E-state index contributed by atoms with van der Waals surface area (Å²) in [6, 6.07) is 0. The molecular formula is C14H20O2. The second-order valence-electron chi connectivity index (χ2n) is 4.48. The maximum Gasteiger partial charge on any atom is 0.191 e. The lowest BCUT2D eigenvalue weighted by atomic mass is 10.1. The van der Waals surface area contributed by atoms with Gasteiger partial charge in [-0.3, -0.25) is 4.79 Å². The minimum absolute atomic E-state index is 0.121. The number of hydrogen-bond donors (Lipinski definition) is 0. The zero-order valence-electron chi connectivity index (χ0n) is 10.8. The first-order chi connectivity index (χ1) is 7.43. The highest BCUT2D eigenvalue weighted by Gasteiger charge is 2.09. The lowest BCUT2D eigenvalue weighted by molar-refractivity contribution is 0.454. The van der Waals surface area contributed by atoms with Gasteiger partial charge in [0.2, 0.25) is 0 Å². The molecule has 2 nitrogen and oxygen atoms in total. The van der Waals surface area contributed by atoms with Crippen molar-refractivity contribution in [2.24, 2.45) is 0 Å². The van der Waals surface area contributed by atoms with Crippen LogP contribution in [0.25, 0.3) is 0 Å². The van der Waals surface area contributed by atoms with Gasteiger partial charge in [0.1, 0.15) is 11.5 Å². The number of aryl methyl sites for hydroxylation is 2. The van der Waals surface area contributed by atoms with Crippen molar-refractivity contribution in [3.8, 4) is 0 Å². The Bertz CT molecular complexity index is 460. The largest absolute Gasteiger partial charge is 0.466 e. The molecule has 1 aromatic heterocycles. The van der Waals surface area contributed by atoms with E-state index in [-0.39, 0.29) is 5.43 Å². The third kappa shape index (κ3) is 2.84. The van der Waals surface area contributed by atoms with Gasteiger partial charge in [-0.1, -0.05) is 11.6 Å². The predicted molar refractivity (Wildman–Crippen MR) is 66.9 cm³/mol. The molecule has 0 aliphatic carbocycles. The van der Waals surface area contributed by atoms with Gasteiger partial charge in [0.05, 0.1) is 0 Å². The van der Waals surface area contributed by atoms with Crippen molar-refractivity contribution >= 4 is 0 Å². The minimum Gasteiger partial charge on any atom is -0.466 e. The van der Waals surface area contributed by atoms with Gasteiger partial charge in [-0.2, -0.15) is 0 Å². The normalized spacial score (nSPS) is 10.3. The van der Waals surface area contributed by atoms with Gasteiger partial charge in [0, 0.05) is 17.5 Å². The van der Waals surface area contributed by atoms with E-state index < -0.39 is 0 Å². The van der Waals surface area contributed by atoms with Crippen LogP contribution in [-0.2, 0) is 6.42 Å². The van der Waals surface area contributed by atoms with E-state index in [9.17, 15) is 4.79 Å². The lowest BCUT2D eigenvalue weighted by Crippen LogP contribution is -2.13. The molecule has 0 saturated carbocycles. The Balaban J connectivity index is 2.98. The van der Waals surface area contributed by atoms with Crippen LogP contribution in [0.15, 0.2) is 20.9 Å². The van der Waals surface area contributed by atoms with Gasteiger partial charge in [-0.25, -0.2) is 0 Å². The van der Waals surface area contributed by atoms with Crippen molar-refractivity contribution in [3.63, 3.8) is 0 Å². The van der Waals surface area contributed by atoms with Crippen molar-refractivity contribution in [1.29, 1.82) is 0 Å². The molecule has 0 radical (unpaired) electrons. The van der Waals surface area contributed by atoms with E-state index in [1.165, 1.54) is 5.57 Å². The molecule has 0 aliphatic rings. The Hall–Kier alpha value is -1.31. The number of hydrogen-bond acceptors (Lipinski definition) is 2. The summed E-state index contributed by atoms with van der Waals surface area (Å²) in [5.41, 5.74) is 2.90. The van der Waals surface area contributed by atoms with E-state index in [1.54, 1.807) is 0 Å². The standard InChI is InChI=1S/C14H20O2/c1-9(2)7-6-8-13-11(4)14(15)10(3)12(5)16-13/h7H,6,8H2,1-5H3. The molecular weight excluding hydrogens is 200 g/mol. The number of rotatable bonds is 3. The summed E-state index contributed by atoms with van der Waals surface area (Å²) in [5, 5.41) is 0. The molecule has 88 valence electrons. The first kappa shape index (κ1) is 12.8. The van der Waals surface area contributed by atoms with E-state index in [0.29, 0.717) is 0 Å². The fourth-order valence-electron chi connectivity index (χ4n) is 1.64. The molecule has 0 fully saturated rings. The molecule has 0 amide bonds. The fraction of sp³-hybridized carbons (Fsp3) is 0.500. The van der Waals surface area contributed by atoms with Gasteiger partial charge >= 0.3 is 0 Å². The van der Waals surface area contributed by atoms with Gasteiger partial charge in [-0.15, -0.1) is 0 Å². The summed E-state index contributed by atoms with van der Waals surface area (Å²) in [5.74, 6) is 1.56. The summed E-state index contributed by atoms with van der Waals surface area (Å²) in [4.78, 5) is 11.8. The summed E-state index contributed by atoms with van der Waals surface area (Å²) in [6.45, 7) is 9.65. The van der Waals surface area contributed by atoms with Gasteiger partial charge < -0.3 is 4.42 Å². The maximum atomic E-state index is 11.8. The van der Waals surface area contributed by atoms with E-state index in [4.69, 9.17) is 4.42 Å². The first-order valence-electron chi connectivity index (χ1n) is 5.66. The van der Waals surface area contributed by atoms with Crippen LogP contribution in [0.3, 0.4) is 0 Å². The van der Waals surface area contributed by atoms with E-state index in [0.717, 1.165) is 35.5 Å². The van der Waals surface area contributed by atoms with Crippen LogP contribution in [0.4, 0.5) is 0 Å². The van der Waals surface area contributed by atoms with Crippen molar-refractivity contribution in [2.75, 3.05) is 0 Å². The molecule has 2 heteroatoms. The molecule has 0 unspecified atom stereocenters. The minimum atomic E-state index is 0.121. The highest BCUT2D eigenvalue weighted by Crippen LogP contribution is 2.12. The zero-order chi connectivity index (χ0) is 12.3. The third-order valence-electron chi connectivity index (χ3n) is 2.83. The molecule has 1 aromatic rings. The second kappa shape index (κ2) is 5.15. The van der Waals surface area contributed by atoms with Crippen LogP contribution in [0.5, 0.6) is 0 Å². The highest BCUT2D eigenvalue weighted by atomic mass is 16.3. The Morgan fingerprint density at radius 2 is 1.81 bits per heavy atom. The van der Waals surface area contributed by atoms with Crippen molar-refractivity contribution in [3.05, 3.63) is 44.5 Å². The molecule has 0 saturated heterocycles. The van der Waals surface area contributed by atoms with Crippen LogP contribution in [0, 0.1) is 20.8 Å². The molecule has 1 rings (SSSR count). The first-order valence-corrected chi connectivity index (χ1v) is 5.66. The molecule has 0 atom stereocenters. The average Bonchev–Trinajstić information content (AvgIpc) is 2.22. The molecule has 0 aliphatic heterocycles. The smallest absolute Gasteiger partial charge is 0.191 e. The van der Waals surface area contributed by atoms with Crippen LogP contribution >= 0.6 is 0 Å². The third-order valence-corrected chi connectivity index (χ3v) is 2.83.